The third-order valence-corrected chi connectivity index (χ3v) is 7.54. The highest BCUT2D eigenvalue weighted by Crippen LogP contribution is 2.12. The summed E-state index contributed by atoms with van der Waals surface area (Å²) in [6.07, 6.45) is -2.63. The Balaban J connectivity index is 2.12. The van der Waals surface area contributed by atoms with Crippen molar-refractivity contribution in [2.45, 2.75) is 89.4 Å². The van der Waals surface area contributed by atoms with E-state index in [-0.39, 0.29) is 30.9 Å². The van der Waals surface area contributed by atoms with Crippen molar-refractivity contribution in [2.24, 2.45) is 11.7 Å². The number of amides is 5. The standard InChI is InChI=1S/C34H48N6O10/c1-18(2)14-25(32(47)40-29(20(4)42)34(49)50)38-31(46)26(16-21-8-6-5-7-9-21)37-27(44)17-36-33(48)28(19(3)41)39-30(45)24(35)15-22-10-12-23(43)13-11-22/h5-13,18-20,24-26,28-29,41-43H,14-17,35H2,1-4H3,(H,36,48)(H,37,44)(H,38,46)(H,39,45)(H,40,47)(H,49,50)/t19-,20-,24+,25+,26+,28+,29+/m1/s1. The third kappa shape index (κ3) is 13.8. The first-order valence-corrected chi connectivity index (χ1v) is 16.1. The zero-order valence-corrected chi connectivity index (χ0v) is 28.5. The molecule has 0 spiro atoms. The molecule has 0 aliphatic carbocycles. The summed E-state index contributed by atoms with van der Waals surface area (Å²) in [5.41, 5.74) is 7.28. The van der Waals surface area contributed by atoms with Gasteiger partial charge in [-0.25, -0.2) is 4.79 Å². The molecule has 0 saturated heterocycles. The van der Waals surface area contributed by atoms with E-state index in [1.54, 1.807) is 56.3 Å². The van der Waals surface area contributed by atoms with Crippen molar-refractivity contribution in [2.75, 3.05) is 6.54 Å². The van der Waals surface area contributed by atoms with Crippen molar-refractivity contribution in [3.05, 3.63) is 65.7 Å². The van der Waals surface area contributed by atoms with Crippen molar-refractivity contribution in [1.82, 2.24) is 26.6 Å². The second-order valence-corrected chi connectivity index (χ2v) is 12.5. The molecule has 0 aliphatic rings. The maximum Gasteiger partial charge on any atom is 0.328 e. The van der Waals surface area contributed by atoms with Crippen LogP contribution in [0.5, 0.6) is 5.75 Å². The fourth-order valence-corrected chi connectivity index (χ4v) is 4.84. The average molecular weight is 701 g/mol. The number of carbonyl (C=O) groups excluding carboxylic acids is 5. The number of carboxylic acids is 1. The van der Waals surface area contributed by atoms with Gasteiger partial charge in [-0.1, -0.05) is 56.3 Å². The number of benzene rings is 2. The van der Waals surface area contributed by atoms with Crippen LogP contribution in [-0.2, 0) is 41.6 Å². The molecule has 0 fully saturated rings. The van der Waals surface area contributed by atoms with Gasteiger partial charge >= 0.3 is 5.97 Å². The van der Waals surface area contributed by atoms with Crippen LogP contribution in [-0.4, -0.2) is 105 Å². The molecule has 50 heavy (non-hydrogen) atoms. The molecule has 0 radical (unpaired) electrons. The number of hydrogen-bond donors (Lipinski definition) is 10. The largest absolute Gasteiger partial charge is 0.508 e. The van der Waals surface area contributed by atoms with E-state index >= 15 is 0 Å². The molecule has 16 heteroatoms. The van der Waals surface area contributed by atoms with Crippen molar-refractivity contribution in [3.8, 4) is 5.75 Å². The smallest absolute Gasteiger partial charge is 0.328 e. The van der Waals surface area contributed by atoms with Crippen LogP contribution in [0.2, 0.25) is 0 Å². The monoisotopic (exact) mass is 700 g/mol. The molecule has 2 aromatic carbocycles. The Morgan fingerprint density at radius 2 is 1.20 bits per heavy atom. The summed E-state index contributed by atoms with van der Waals surface area (Å²) >= 11 is 0. The van der Waals surface area contributed by atoms with E-state index in [4.69, 9.17) is 5.73 Å². The zero-order chi connectivity index (χ0) is 37.5. The van der Waals surface area contributed by atoms with Crippen LogP contribution in [0.1, 0.15) is 45.2 Å². The van der Waals surface area contributed by atoms with Crippen LogP contribution in [0.3, 0.4) is 0 Å². The summed E-state index contributed by atoms with van der Waals surface area (Å²) in [4.78, 5) is 76.8. The van der Waals surface area contributed by atoms with Crippen LogP contribution in [0, 0.1) is 5.92 Å². The number of nitrogens with two attached hydrogens (primary N) is 1. The highest BCUT2D eigenvalue weighted by atomic mass is 16.4. The van der Waals surface area contributed by atoms with Gasteiger partial charge < -0.3 is 52.7 Å². The number of aliphatic hydroxyl groups excluding tert-OH is 2. The van der Waals surface area contributed by atoms with E-state index < -0.39 is 84.5 Å². The number of aliphatic carboxylic acids is 1. The Labute approximate surface area is 290 Å². The first-order valence-electron chi connectivity index (χ1n) is 16.1. The molecule has 0 unspecified atom stereocenters. The molecule has 2 aromatic rings. The van der Waals surface area contributed by atoms with Gasteiger partial charge in [-0.15, -0.1) is 0 Å². The first kappa shape index (κ1) is 41.1. The lowest BCUT2D eigenvalue weighted by Gasteiger charge is -2.26. The number of rotatable bonds is 19. The van der Waals surface area contributed by atoms with Gasteiger partial charge in [-0.3, -0.25) is 24.0 Å². The molecule has 0 bridgehead atoms. The van der Waals surface area contributed by atoms with Gasteiger partial charge in [0.25, 0.3) is 0 Å². The van der Waals surface area contributed by atoms with E-state index in [9.17, 15) is 49.2 Å². The lowest BCUT2D eigenvalue weighted by Crippen LogP contribution is -2.59. The van der Waals surface area contributed by atoms with Gasteiger partial charge in [0.1, 0.15) is 23.9 Å². The van der Waals surface area contributed by atoms with Crippen molar-refractivity contribution in [1.29, 1.82) is 0 Å². The Morgan fingerprint density at radius 1 is 0.660 bits per heavy atom. The van der Waals surface area contributed by atoms with Gasteiger partial charge in [0.2, 0.25) is 29.5 Å². The highest BCUT2D eigenvalue weighted by Gasteiger charge is 2.33. The van der Waals surface area contributed by atoms with Crippen molar-refractivity contribution >= 4 is 35.5 Å². The molecule has 0 saturated carbocycles. The summed E-state index contributed by atoms with van der Waals surface area (Å²) in [5.74, 6) is -5.61. The van der Waals surface area contributed by atoms with Crippen LogP contribution in [0.4, 0.5) is 0 Å². The summed E-state index contributed by atoms with van der Waals surface area (Å²) in [7, 11) is 0. The van der Waals surface area contributed by atoms with Crippen LogP contribution in [0.15, 0.2) is 54.6 Å². The quantitative estimate of drug-likeness (QED) is 0.0802. The van der Waals surface area contributed by atoms with Crippen LogP contribution in [0.25, 0.3) is 0 Å². The lowest BCUT2D eigenvalue weighted by atomic mass is 10.0. The average Bonchev–Trinajstić information content (AvgIpc) is 3.04. The molecule has 0 aliphatic heterocycles. The first-order chi connectivity index (χ1) is 23.5. The number of nitrogens with one attached hydrogen (secondary N) is 5. The number of aromatic hydroxyl groups is 1. The Bertz CT molecular complexity index is 1450. The molecule has 7 atom stereocenters. The summed E-state index contributed by atoms with van der Waals surface area (Å²) in [6, 6.07) is 8.01. The second-order valence-electron chi connectivity index (χ2n) is 12.5. The van der Waals surface area contributed by atoms with Gasteiger partial charge in [-0.05, 0) is 55.9 Å². The fourth-order valence-electron chi connectivity index (χ4n) is 4.84. The summed E-state index contributed by atoms with van der Waals surface area (Å²) in [5, 5.41) is 50.9. The number of phenols is 1. The van der Waals surface area contributed by atoms with Gasteiger partial charge in [-0.2, -0.15) is 0 Å². The van der Waals surface area contributed by atoms with Crippen LogP contribution >= 0.6 is 0 Å². The number of aliphatic hydroxyl groups is 2. The molecular formula is C34H48N6O10. The van der Waals surface area contributed by atoms with Crippen LogP contribution < -0.4 is 32.3 Å². The van der Waals surface area contributed by atoms with E-state index in [1.807, 2.05) is 0 Å². The Morgan fingerprint density at radius 3 is 1.74 bits per heavy atom. The molecular weight excluding hydrogens is 652 g/mol. The predicted octanol–water partition coefficient (Wildman–Crippen LogP) is -1.55. The van der Waals surface area contributed by atoms with E-state index in [2.05, 4.69) is 26.6 Å². The Hall–Kier alpha value is -5.06. The normalized spacial score (nSPS) is 15.3. The lowest BCUT2D eigenvalue weighted by molar-refractivity contribution is -0.145. The molecule has 11 N–H and O–H groups in total. The highest BCUT2D eigenvalue weighted by molar-refractivity contribution is 5.95. The molecule has 274 valence electrons. The van der Waals surface area contributed by atoms with Gasteiger partial charge in [0.05, 0.1) is 24.8 Å². The molecule has 0 heterocycles. The third-order valence-electron chi connectivity index (χ3n) is 7.54. The van der Waals surface area contributed by atoms with Crippen molar-refractivity contribution in [3.63, 3.8) is 0 Å². The maximum absolute atomic E-state index is 13.5. The van der Waals surface area contributed by atoms with Gasteiger partial charge in [0.15, 0.2) is 6.04 Å². The zero-order valence-electron chi connectivity index (χ0n) is 28.5. The summed E-state index contributed by atoms with van der Waals surface area (Å²) < 4.78 is 0. The minimum atomic E-state index is -1.62. The predicted molar refractivity (Wildman–Crippen MR) is 181 cm³/mol. The maximum atomic E-state index is 13.5. The molecule has 5 amide bonds. The minimum Gasteiger partial charge on any atom is -0.508 e. The number of carboxylic acid groups (broad SMARTS) is 1. The topological polar surface area (TPSA) is 270 Å². The second kappa shape index (κ2) is 19.8. The minimum absolute atomic E-state index is 0.0148. The van der Waals surface area contributed by atoms with E-state index in [1.165, 1.54) is 26.0 Å². The van der Waals surface area contributed by atoms with Crippen molar-refractivity contribution < 1.29 is 49.2 Å². The SMILES string of the molecule is CC(C)C[C@H](NC(=O)[C@H](Cc1ccccc1)NC(=O)CNC(=O)[C@@H](NC(=O)[C@@H](N)Cc1ccc(O)cc1)[C@@H](C)O)C(=O)N[C@H](C(=O)O)[C@@H](C)O. The van der Waals surface area contributed by atoms with Gasteiger partial charge in [0, 0.05) is 6.42 Å². The fraction of sp³-hybridized carbons (Fsp3) is 0.471. The molecule has 2 rings (SSSR count). The molecule has 0 aromatic heterocycles. The van der Waals surface area contributed by atoms with E-state index in [0.29, 0.717) is 11.1 Å². The number of hydrogen-bond acceptors (Lipinski definition) is 10. The molecule has 16 nitrogen and oxygen atoms in total. The number of phenolic OH excluding ortho intramolecular Hbond substituents is 1. The van der Waals surface area contributed by atoms with E-state index in [0.717, 1.165) is 0 Å². The Kier molecular flexibility index (Phi) is 16.3. The number of carbonyl (C=O) groups is 6. The summed E-state index contributed by atoms with van der Waals surface area (Å²) in [6.45, 7) is 5.38.